The molecule has 2 aromatic heterocycles. The summed E-state index contributed by atoms with van der Waals surface area (Å²) in [6.45, 7) is 3.87. The summed E-state index contributed by atoms with van der Waals surface area (Å²) in [7, 11) is 0. The zero-order valence-electron chi connectivity index (χ0n) is 11.8. The lowest BCUT2D eigenvalue weighted by Gasteiger charge is -2.10. The van der Waals surface area contributed by atoms with Crippen molar-refractivity contribution in [3.63, 3.8) is 0 Å². The Morgan fingerprint density at radius 1 is 1.36 bits per heavy atom. The highest BCUT2D eigenvalue weighted by Gasteiger charge is 2.34. The Hall–Kier alpha value is -2.45. The van der Waals surface area contributed by atoms with Crippen molar-refractivity contribution in [3.8, 4) is 5.82 Å². The largest absolute Gasteiger partial charge is 0.478 e. The number of aromatic nitrogens is 4. The lowest BCUT2D eigenvalue weighted by Crippen LogP contribution is -2.15. The van der Waals surface area contributed by atoms with Gasteiger partial charge in [0.25, 0.3) is 0 Å². The first-order valence-electron chi connectivity index (χ1n) is 6.41. The number of hydrogen-bond donors (Lipinski definition) is 1. The van der Waals surface area contributed by atoms with Gasteiger partial charge in [-0.3, -0.25) is 0 Å². The maximum atomic E-state index is 12.7. The second-order valence-electron chi connectivity index (χ2n) is 5.07. The molecule has 0 amide bonds. The Morgan fingerprint density at radius 3 is 2.59 bits per heavy atom. The molecule has 0 spiro atoms. The van der Waals surface area contributed by atoms with Gasteiger partial charge in [0.1, 0.15) is 17.6 Å². The van der Waals surface area contributed by atoms with E-state index in [2.05, 4.69) is 15.1 Å². The Bertz CT molecular complexity index is 695. The molecule has 0 saturated heterocycles. The van der Waals surface area contributed by atoms with E-state index in [1.54, 1.807) is 0 Å². The van der Waals surface area contributed by atoms with E-state index in [4.69, 9.17) is 5.11 Å². The molecule has 9 heteroatoms. The number of halogens is 3. The van der Waals surface area contributed by atoms with E-state index < -0.39 is 23.7 Å². The Labute approximate surface area is 123 Å². The number of carboxylic acids is 1. The van der Waals surface area contributed by atoms with Crippen LogP contribution < -0.4 is 0 Å². The van der Waals surface area contributed by atoms with E-state index in [0.29, 0.717) is 18.3 Å². The van der Waals surface area contributed by atoms with Crippen molar-refractivity contribution in [2.75, 3.05) is 0 Å². The molecule has 22 heavy (non-hydrogen) atoms. The molecule has 0 unspecified atom stereocenters. The third-order valence-electron chi connectivity index (χ3n) is 2.74. The van der Waals surface area contributed by atoms with Gasteiger partial charge in [0.05, 0.1) is 0 Å². The number of carbonyl (C=O) groups is 1. The van der Waals surface area contributed by atoms with Crippen LogP contribution in [0, 0.1) is 5.92 Å². The third kappa shape index (κ3) is 3.41. The van der Waals surface area contributed by atoms with Gasteiger partial charge in [-0.1, -0.05) is 13.8 Å². The van der Waals surface area contributed by atoms with Crippen LogP contribution in [0.15, 0.2) is 18.5 Å². The number of pyridine rings is 1. The first-order chi connectivity index (χ1) is 10.2. The Kier molecular flexibility index (Phi) is 4.16. The summed E-state index contributed by atoms with van der Waals surface area (Å²) in [5.41, 5.74) is -1.57. The van der Waals surface area contributed by atoms with Crippen molar-refractivity contribution in [3.05, 3.63) is 35.5 Å². The molecule has 0 saturated carbocycles. The van der Waals surface area contributed by atoms with Crippen molar-refractivity contribution in [2.24, 2.45) is 5.92 Å². The predicted molar refractivity (Wildman–Crippen MR) is 69.7 cm³/mol. The summed E-state index contributed by atoms with van der Waals surface area (Å²) in [6, 6.07) is 1.48. The number of nitrogens with zero attached hydrogens (tertiary/aromatic N) is 4. The quantitative estimate of drug-likeness (QED) is 0.938. The van der Waals surface area contributed by atoms with Crippen molar-refractivity contribution >= 4 is 5.97 Å². The van der Waals surface area contributed by atoms with Gasteiger partial charge in [0, 0.05) is 6.42 Å². The van der Waals surface area contributed by atoms with Gasteiger partial charge in [-0.05, 0) is 18.1 Å². The SMILES string of the molecule is CC(C)Cc1ncn(-c2nc(C(F)(F)F)ccc2C(=O)O)n1. The lowest BCUT2D eigenvalue weighted by molar-refractivity contribution is -0.141. The van der Waals surface area contributed by atoms with Crippen LogP contribution in [0.25, 0.3) is 5.82 Å². The van der Waals surface area contributed by atoms with Crippen molar-refractivity contribution < 1.29 is 23.1 Å². The van der Waals surface area contributed by atoms with E-state index in [1.807, 2.05) is 13.8 Å². The maximum Gasteiger partial charge on any atom is 0.433 e. The van der Waals surface area contributed by atoms with Crippen LogP contribution in [-0.2, 0) is 12.6 Å². The molecule has 0 aromatic carbocycles. The zero-order valence-corrected chi connectivity index (χ0v) is 11.8. The van der Waals surface area contributed by atoms with E-state index in [9.17, 15) is 18.0 Å². The number of hydrogen-bond acceptors (Lipinski definition) is 4. The van der Waals surface area contributed by atoms with Crippen molar-refractivity contribution in [1.29, 1.82) is 0 Å². The minimum atomic E-state index is -4.67. The van der Waals surface area contributed by atoms with Gasteiger partial charge < -0.3 is 5.11 Å². The molecule has 0 bridgehead atoms. The molecule has 0 radical (unpaired) electrons. The average Bonchev–Trinajstić information content (AvgIpc) is 2.84. The van der Waals surface area contributed by atoms with Crippen LogP contribution in [0.5, 0.6) is 0 Å². The summed E-state index contributed by atoms with van der Waals surface area (Å²) in [5.74, 6) is -1.14. The smallest absolute Gasteiger partial charge is 0.433 e. The standard InChI is InChI=1S/C13H13F3N4O2/c1-7(2)5-10-17-6-20(19-10)11-8(12(21)22)3-4-9(18-11)13(14,15)16/h3-4,6-7H,5H2,1-2H3,(H,21,22). The molecule has 2 aromatic rings. The van der Waals surface area contributed by atoms with Crippen LogP contribution in [0.2, 0.25) is 0 Å². The van der Waals surface area contributed by atoms with Crippen LogP contribution in [-0.4, -0.2) is 30.8 Å². The minimum absolute atomic E-state index is 0.254. The highest BCUT2D eigenvalue weighted by Crippen LogP contribution is 2.29. The number of aromatic carboxylic acids is 1. The van der Waals surface area contributed by atoms with E-state index in [1.165, 1.54) is 0 Å². The molecular weight excluding hydrogens is 301 g/mol. The first-order valence-corrected chi connectivity index (χ1v) is 6.41. The van der Waals surface area contributed by atoms with Crippen molar-refractivity contribution in [1.82, 2.24) is 19.7 Å². The minimum Gasteiger partial charge on any atom is -0.478 e. The molecule has 118 valence electrons. The molecule has 6 nitrogen and oxygen atoms in total. The monoisotopic (exact) mass is 314 g/mol. The van der Waals surface area contributed by atoms with Crippen LogP contribution in [0.1, 0.15) is 35.7 Å². The van der Waals surface area contributed by atoms with E-state index in [-0.39, 0.29) is 11.5 Å². The molecule has 2 rings (SSSR count). The van der Waals surface area contributed by atoms with Crippen molar-refractivity contribution in [2.45, 2.75) is 26.4 Å². The van der Waals surface area contributed by atoms with Gasteiger partial charge in [-0.15, -0.1) is 5.10 Å². The topological polar surface area (TPSA) is 80.9 Å². The average molecular weight is 314 g/mol. The fourth-order valence-electron chi connectivity index (χ4n) is 1.81. The lowest BCUT2D eigenvalue weighted by atomic mass is 10.1. The summed E-state index contributed by atoms with van der Waals surface area (Å²) in [4.78, 5) is 18.5. The normalized spacial score (nSPS) is 11.9. The summed E-state index contributed by atoms with van der Waals surface area (Å²) >= 11 is 0. The van der Waals surface area contributed by atoms with Crippen LogP contribution >= 0.6 is 0 Å². The number of rotatable bonds is 4. The zero-order chi connectivity index (χ0) is 16.5. The second-order valence-corrected chi connectivity index (χ2v) is 5.07. The molecule has 0 aliphatic carbocycles. The fraction of sp³-hybridized carbons (Fsp3) is 0.385. The summed E-state index contributed by atoms with van der Waals surface area (Å²) in [5, 5.41) is 13.1. The highest BCUT2D eigenvalue weighted by molar-refractivity contribution is 5.91. The number of carboxylic acid groups (broad SMARTS) is 1. The highest BCUT2D eigenvalue weighted by atomic mass is 19.4. The predicted octanol–water partition coefficient (Wildman–Crippen LogP) is 2.58. The molecule has 0 aliphatic heterocycles. The van der Waals surface area contributed by atoms with Gasteiger partial charge in [0.15, 0.2) is 11.6 Å². The fourth-order valence-corrected chi connectivity index (χ4v) is 1.81. The van der Waals surface area contributed by atoms with E-state index in [0.717, 1.165) is 17.1 Å². The van der Waals surface area contributed by atoms with Gasteiger partial charge in [-0.2, -0.15) is 13.2 Å². The molecular formula is C13H13F3N4O2. The van der Waals surface area contributed by atoms with Crippen LogP contribution in [0.3, 0.4) is 0 Å². The van der Waals surface area contributed by atoms with Crippen LogP contribution in [0.4, 0.5) is 13.2 Å². The first kappa shape index (κ1) is 15.9. The van der Waals surface area contributed by atoms with E-state index >= 15 is 0 Å². The Morgan fingerprint density at radius 2 is 2.05 bits per heavy atom. The molecule has 0 aliphatic rings. The summed E-state index contributed by atoms with van der Waals surface area (Å²) in [6.07, 6.45) is -2.99. The third-order valence-corrected chi connectivity index (χ3v) is 2.74. The maximum absolute atomic E-state index is 12.7. The van der Waals surface area contributed by atoms with Gasteiger partial charge in [-0.25, -0.2) is 19.4 Å². The molecule has 0 atom stereocenters. The molecule has 1 N–H and O–H groups in total. The van der Waals surface area contributed by atoms with Gasteiger partial charge in [0.2, 0.25) is 0 Å². The molecule has 2 heterocycles. The van der Waals surface area contributed by atoms with Gasteiger partial charge >= 0.3 is 12.1 Å². The molecule has 0 fully saturated rings. The second kappa shape index (κ2) is 5.74. The Balaban J connectivity index is 2.51. The number of alkyl halides is 3. The summed E-state index contributed by atoms with van der Waals surface area (Å²) < 4.78 is 39.2.